The Labute approximate surface area is 100 Å². The summed E-state index contributed by atoms with van der Waals surface area (Å²) in [5.74, 6) is -0.330. The van der Waals surface area contributed by atoms with Gasteiger partial charge in [0.2, 0.25) is 0 Å². The number of rotatable bonds is 4. The van der Waals surface area contributed by atoms with Crippen LogP contribution in [0.3, 0.4) is 0 Å². The van der Waals surface area contributed by atoms with E-state index < -0.39 is 0 Å². The van der Waals surface area contributed by atoms with E-state index in [9.17, 15) is 4.39 Å². The molecule has 0 aliphatic rings. The van der Waals surface area contributed by atoms with Crippen LogP contribution in [-0.2, 0) is 6.42 Å². The molecule has 1 atom stereocenters. The lowest BCUT2D eigenvalue weighted by Gasteiger charge is -2.10. The van der Waals surface area contributed by atoms with E-state index >= 15 is 0 Å². The van der Waals surface area contributed by atoms with Crippen LogP contribution >= 0.6 is 0 Å². The molecule has 0 aliphatic carbocycles. The molecule has 88 valence electrons. The second kappa shape index (κ2) is 5.55. The van der Waals surface area contributed by atoms with E-state index in [1.54, 1.807) is 6.07 Å². The van der Waals surface area contributed by atoms with Gasteiger partial charge in [-0.3, -0.25) is 4.98 Å². The van der Waals surface area contributed by atoms with Gasteiger partial charge in [0.25, 0.3) is 0 Å². The molecule has 2 rings (SSSR count). The zero-order valence-electron chi connectivity index (χ0n) is 9.51. The molecule has 0 radical (unpaired) electrons. The van der Waals surface area contributed by atoms with Crippen molar-refractivity contribution in [2.75, 3.05) is 0 Å². The van der Waals surface area contributed by atoms with Crippen LogP contribution in [0.1, 0.15) is 23.7 Å². The van der Waals surface area contributed by atoms with E-state index in [1.165, 1.54) is 17.8 Å². The van der Waals surface area contributed by atoms with Crippen LogP contribution in [0, 0.1) is 5.82 Å². The number of pyridine rings is 1. The molecular formula is C14H15FN2. The summed E-state index contributed by atoms with van der Waals surface area (Å²) in [6.45, 7) is 0. The Morgan fingerprint density at radius 1 is 1.12 bits per heavy atom. The van der Waals surface area contributed by atoms with Gasteiger partial charge in [-0.05, 0) is 30.5 Å². The van der Waals surface area contributed by atoms with Crippen LogP contribution in [0.4, 0.5) is 4.39 Å². The van der Waals surface area contributed by atoms with Gasteiger partial charge in [0, 0.05) is 6.04 Å². The Kier molecular flexibility index (Phi) is 3.83. The van der Waals surface area contributed by atoms with Gasteiger partial charge in [-0.2, -0.15) is 0 Å². The Balaban J connectivity index is 1.93. The fourth-order valence-electron chi connectivity index (χ4n) is 1.72. The van der Waals surface area contributed by atoms with Crippen molar-refractivity contribution in [3.05, 3.63) is 65.7 Å². The standard InChI is InChI=1S/C14H15FN2/c15-12-7-9-14(17-10-12)13(16)8-6-11-4-2-1-3-5-11/h1-5,7,9-10,13H,6,8,16H2. The average Bonchev–Trinajstić information content (AvgIpc) is 2.38. The highest BCUT2D eigenvalue weighted by Crippen LogP contribution is 2.14. The minimum absolute atomic E-state index is 0.143. The van der Waals surface area contributed by atoms with E-state index in [1.807, 2.05) is 18.2 Å². The lowest BCUT2D eigenvalue weighted by Crippen LogP contribution is -2.13. The Morgan fingerprint density at radius 2 is 1.88 bits per heavy atom. The number of halogens is 1. The smallest absolute Gasteiger partial charge is 0.141 e. The molecule has 0 saturated heterocycles. The number of hydrogen-bond acceptors (Lipinski definition) is 2. The summed E-state index contributed by atoms with van der Waals surface area (Å²) in [6.07, 6.45) is 2.92. The van der Waals surface area contributed by atoms with Crippen LogP contribution < -0.4 is 5.73 Å². The molecule has 2 nitrogen and oxygen atoms in total. The summed E-state index contributed by atoms with van der Waals surface area (Å²) < 4.78 is 12.7. The molecule has 17 heavy (non-hydrogen) atoms. The highest BCUT2D eigenvalue weighted by atomic mass is 19.1. The van der Waals surface area contributed by atoms with Gasteiger partial charge in [-0.25, -0.2) is 4.39 Å². The van der Waals surface area contributed by atoms with Crippen molar-refractivity contribution in [3.63, 3.8) is 0 Å². The van der Waals surface area contributed by atoms with Crippen molar-refractivity contribution < 1.29 is 4.39 Å². The molecule has 0 saturated carbocycles. The van der Waals surface area contributed by atoms with Crippen LogP contribution in [0.2, 0.25) is 0 Å². The van der Waals surface area contributed by atoms with Gasteiger partial charge >= 0.3 is 0 Å². The molecular weight excluding hydrogens is 215 g/mol. The predicted octanol–water partition coefficient (Wildman–Crippen LogP) is 2.85. The Bertz CT molecular complexity index is 453. The first-order valence-electron chi connectivity index (χ1n) is 5.66. The van der Waals surface area contributed by atoms with Gasteiger partial charge in [-0.15, -0.1) is 0 Å². The van der Waals surface area contributed by atoms with Crippen LogP contribution in [0.5, 0.6) is 0 Å². The van der Waals surface area contributed by atoms with Crippen molar-refractivity contribution in [1.82, 2.24) is 4.98 Å². The first kappa shape index (κ1) is 11.7. The van der Waals surface area contributed by atoms with E-state index in [4.69, 9.17) is 5.73 Å². The zero-order chi connectivity index (χ0) is 12.1. The molecule has 0 amide bonds. The van der Waals surface area contributed by atoms with Gasteiger partial charge in [0.1, 0.15) is 5.82 Å². The highest BCUT2D eigenvalue weighted by Gasteiger charge is 2.07. The number of hydrogen-bond donors (Lipinski definition) is 1. The van der Waals surface area contributed by atoms with Crippen LogP contribution in [0.25, 0.3) is 0 Å². The molecule has 1 heterocycles. The third-order valence-corrected chi connectivity index (χ3v) is 2.72. The third kappa shape index (κ3) is 3.36. The van der Waals surface area contributed by atoms with Crippen molar-refractivity contribution in [3.8, 4) is 0 Å². The molecule has 1 aromatic carbocycles. The Hall–Kier alpha value is -1.74. The first-order chi connectivity index (χ1) is 8.25. The summed E-state index contributed by atoms with van der Waals surface area (Å²) >= 11 is 0. The Morgan fingerprint density at radius 3 is 2.53 bits per heavy atom. The number of aromatic nitrogens is 1. The number of aryl methyl sites for hydroxylation is 1. The van der Waals surface area contributed by atoms with Gasteiger partial charge in [0.05, 0.1) is 11.9 Å². The normalized spacial score (nSPS) is 12.4. The maximum atomic E-state index is 12.7. The largest absolute Gasteiger partial charge is 0.323 e. The monoisotopic (exact) mass is 230 g/mol. The molecule has 1 aromatic heterocycles. The molecule has 0 fully saturated rings. The average molecular weight is 230 g/mol. The predicted molar refractivity (Wildman–Crippen MR) is 65.9 cm³/mol. The van der Waals surface area contributed by atoms with Crippen molar-refractivity contribution in [2.24, 2.45) is 5.73 Å². The first-order valence-corrected chi connectivity index (χ1v) is 5.66. The summed E-state index contributed by atoms with van der Waals surface area (Å²) in [5.41, 5.74) is 8.00. The van der Waals surface area contributed by atoms with Crippen molar-refractivity contribution in [2.45, 2.75) is 18.9 Å². The maximum absolute atomic E-state index is 12.7. The number of nitrogens with two attached hydrogens (primary N) is 1. The summed E-state index contributed by atoms with van der Waals surface area (Å²) in [4.78, 5) is 3.99. The molecule has 3 heteroatoms. The molecule has 1 unspecified atom stereocenters. The molecule has 0 aliphatic heterocycles. The lowest BCUT2D eigenvalue weighted by atomic mass is 10.0. The summed E-state index contributed by atoms with van der Waals surface area (Å²) in [7, 11) is 0. The fraction of sp³-hybridized carbons (Fsp3) is 0.214. The molecule has 0 bridgehead atoms. The van der Waals surface area contributed by atoms with Crippen LogP contribution in [0.15, 0.2) is 48.7 Å². The van der Waals surface area contributed by atoms with Gasteiger partial charge in [-0.1, -0.05) is 30.3 Å². The number of nitrogens with zero attached hydrogens (tertiary/aromatic N) is 1. The van der Waals surface area contributed by atoms with E-state index in [0.717, 1.165) is 18.5 Å². The zero-order valence-corrected chi connectivity index (χ0v) is 9.51. The SMILES string of the molecule is NC(CCc1ccccc1)c1ccc(F)cn1. The van der Waals surface area contributed by atoms with Crippen LogP contribution in [-0.4, -0.2) is 4.98 Å². The second-order valence-electron chi connectivity index (χ2n) is 4.03. The second-order valence-corrected chi connectivity index (χ2v) is 4.03. The third-order valence-electron chi connectivity index (χ3n) is 2.72. The van der Waals surface area contributed by atoms with E-state index in [-0.39, 0.29) is 11.9 Å². The summed E-state index contributed by atoms with van der Waals surface area (Å²) in [5, 5.41) is 0. The maximum Gasteiger partial charge on any atom is 0.141 e. The highest BCUT2D eigenvalue weighted by molar-refractivity contribution is 5.16. The van der Waals surface area contributed by atoms with Gasteiger partial charge in [0.15, 0.2) is 0 Å². The van der Waals surface area contributed by atoms with Crippen molar-refractivity contribution in [1.29, 1.82) is 0 Å². The molecule has 2 N–H and O–H groups in total. The minimum atomic E-state index is -0.330. The van der Waals surface area contributed by atoms with E-state index in [2.05, 4.69) is 17.1 Å². The van der Waals surface area contributed by atoms with E-state index in [0.29, 0.717) is 0 Å². The minimum Gasteiger partial charge on any atom is -0.323 e. The topological polar surface area (TPSA) is 38.9 Å². The molecule has 2 aromatic rings. The fourth-order valence-corrected chi connectivity index (χ4v) is 1.72. The van der Waals surface area contributed by atoms with Crippen molar-refractivity contribution >= 4 is 0 Å². The number of benzene rings is 1. The summed E-state index contributed by atoms with van der Waals surface area (Å²) in [6, 6.07) is 13.1. The quantitative estimate of drug-likeness (QED) is 0.877. The van der Waals surface area contributed by atoms with Gasteiger partial charge < -0.3 is 5.73 Å². The lowest BCUT2D eigenvalue weighted by molar-refractivity contribution is 0.601. The molecule has 0 spiro atoms.